The quantitative estimate of drug-likeness (QED) is 0.485. The highest BCUT2D eigenvalue weighted by atomic mass is 19.4. The number of carbonyl (C=O) groups is 1. The van der Waals surface area contributed by atoms with Gasteiger partial charge in [-0.2, -0.15) is 13.2 Å². The molecule has 0 bridgehead atoms. The lowest BCUT2D eigenvalue weighted by molar-refractivity contribution is -0.137. The number of carbonyl (C=O) groups excluding carboxylic acids is 1. The lowest BCUT2D eigenvalue weighted by Gasteiger charge is -2.42. The fourth-order valence-electron chi connectivity index (χ4n) is 5.25. The van der Waals surface area contributed by atoms with E-state index in [2.05, 4.69) is 22.3 Å². The van der Waals surface area contributed by atoms with Crippen LogP contribution in [-0.4, -0.2) is 31.4 Å². The average Bonchev–Trinajstić information content (AvgIpc) is 3.34. The first-order chi connectivity index (χ1) is 17.8. The summed E-state index contributed by atoms with van der Waals surface area (Å²) in [4.78, 5) is 15.1. The highest BCUT2D eigenvalue weighted by Crippen LogP contribution is 2.46. The maximum atomic E-state index is 12.8. The molecule has 7 nitrogen and oxygen atoms in total. The maximum absolute atomic E-state index is 12.8. The Morgan fingerprint density at radius 2 is 1.81 bits per heavy atom. The van der Waals surface area contributed by atoms with Crippen molar-refractivity contribution in [3.05, 3.63) is 76.3 Å². The Morgan fingerprint density at radius 1 is 1.05 bits per heavy atom. The molecule has 1 N–H and O–H groups in total. The minimum absolute atomic E-state index is 0.146. The number of amides is 1. The van der Waals surface area contributed by atoms with Crippen molar-refractivity contribution in [1.82, 2.24) is 4.90 Å². The van der Waals surface area contributed by atoms with Crippen molar-refractivity contribution < 1.29 is 36.9 Å². The summed E-state index contributed by atoms with van der Waals surface area (Å²) in [6.07, 6.45) is -3.71. The Bertz CT molecular complexity index is 1370. The molecule has 0 aliphatic carbocycles. The smallest absolute Gasteiger partial charge is 0.417 e. The van der Waals surface area contributed by atoms with Gasteiger partial charge < -0.3 is 18.9 Å². The van der Waals surface area contributed by atoms with Crippen molar-refractivity contribution in [3.8, 4) is 23.0 Å². The Hall–Kier alpha value is -3.92. The van der Waals surface area contributed by atoms with Crippen molar-refractivity contribution in [2.75, 3.05) is 25.8 Å². The summed E-state index contributed by atoms with van der Waals surface area (Å²) in [5.74, 6) is 2.24. The molecule has 0 saturated carbocycles. The molecule has 3 aromatic carbocycles. The fourth-order valence-corrected chi connectivity index (χ4v) is 5.25. The number of anilines is 1. The van der Waals surface area contributed by atoms with E-state index < -0.39 is 17.8 Å². The van der Waals surface area contributed by atoms with Crippen LogP contribution in [-0.2, 0) is 25.6 Å². The van der Waals surface area contributed by atoms with Gasteiger partial charge in [-0.15, -0.1) is 0 Å². The van der Waals surface area contributed by atoms with Crippen LogP contribution < -0.4 is 24.3 Å². The summed E-state index contributed by atoms with van der Waals surface area (Å²) in [6, 6.07) is 12.2. The van der Waals surface area contributed by atoms with Gasteiger partial charge in [0.1, 0.15) is 0 Å². The lowest BCUT2D eigenvalue weighted by Crippen LogP contribution is -2.39. The first kappa shape index (κ1) is 23.5. The highest BCUT2D eigenvalue weighted by molar-refractivity contribution is 5.87. The first-order valence-electron chi connectivity index (χ1n) is 11.8. The zero-order valence-electron chi connectivity index (χ0n) is 19.9. The molecule has 3 aliphatic rings. The number of nitrogens with one attached hydrogen (secondary N) is 1. The van der Waals surface area contributed by atoms with Crippen LogP contribution >= 0.6 is 0 Å². The van der Waals surface area contributed by atoms with Crippen molar-refractivity contribution in [2.24, 2.45) is 0 Å². The third-order valence-corrected chi connectivity index (χ3v) is 7.07. The molecular formula is C27H23F3N2O5. The van der Waals surface area contributed by atoms with Crippen LogP contribution in [0.1, 0.15) is 33.9 Å². The molecule has 0 spiro atoms. The van der Waals surface area contributed by atoms with E-state index in [9.17, 15) is 18.0 Å². The zero-order valence-corrected chi connectivity index (χ0v) is 19.9. The van der Waals surface area contributed by atoms with Gasteiger partial charge in [0.05, 0.1) is 12.7 Å². The van der Waals surface area contributed by atoms with Crippen molar-refractivity contribution >= 4 is 11.8 Å². The molecule has 0 radical (unpaired) electrons. The normalized spacial score (nSPS) is 17.9. The summed E-state index contributed by atoms with van der Waals surface area (Å²) in [5, 5.41) is 2.50. The Morgan fingerprint density at radius 3 is 2.54 bits per heavy atom. The van der Waals surface area contributed by atoms with E-state index in [1.54, 1.807) is 6.07 Å². The molecule has 0 fully saturated rings. The Labute approximate surface area is 210 Å². The van der Waals surface area contributed by atoms with Gasteiger partial charge in [-0.05, 0) is 72.0 Å². The first-order valence-corrected chi connectivity index (χ1v) is 11.8. The van der Waals surface area contributed by atoms with Gasteiger partial charge in [0.2, 0.25) is 6.79 Å². The van der Waals surface area contributed by atoms with Crippen LogP contribution in [0.2, 0.25) is 0 Å². The number of fused-ring (bicyclic) bond motifs is 5. The summed E-state index contributed by atoms with van der Waals surface area (Å²) in [5.41, 5.74) is 3.72. The van der Waals surface area contributed by atoms with Gasteiger partial charge >= 0.3 is 12.3 Å². The van der Waals surface area contributed by atoms with E-state index in [4.69, 9.17) is 18.9 Å². The Kier molecular flexibility index (Phi) is 5.63. The van der Waals surface area contributed by atoms with Gasteiger partial charge in [0.15, 0.2) is 23.0 Å². The van der Waals surface area contributed by atoms with Gasteiger partial charge in [-0.1, -0.05) is 6.07 Å². The third kappa shape index (κ3) is 4.31. The highest BCUT2D eigenvalue weighted by Gasteiger charge is 2.36. The molecule has 192 valence electrons. The Balaban J connectivity index is 1.25. The number of methoxy groups -OCH3 is 1. The fraction of sp³-hybridized carbons (Fsp3) is 0.296. The second-order valence-corrected chi connectivity index (χ2v) is 9.17. The molecule has 3 aliphatic heterocycles. The maximum Gasteiger partial charge on any atom is 0.417 e. The van der Waals surface area contributed by atoms with E-state index in [1.165, 1.54) is 30.4 Å². The van der Waals surface area contributed by atoms with Crippen molar-refractivity contribution in [1.29, 1.82) is 0 Å². The second-order valence-electron chi connectivity index (χ2n) is 9.17. The monoisotopic (exact) mass is 512 g/mol. The molecule has 3 aromatic rings. The summed E-state index contributed by atoms with van der Waals surface area (Å²) in [7, 11) is 1.49. The predicted octanol–water partition coefficient (Wildman–Crippen LogP) is 5.71. The number of hydrogen-bond donors (Lipinski definition) is 1. The molecule has 37 heavy (non-hydrogen) atoms. The van der Waals surface area contributed by atoms with Gasteiger partial charge in [-0.25, -0.2) is 4.79 Å². The number of rotatable bonds is 3. The largest absolute Gasteiger partial charge is 0.493 e. The van der Waals surface area contributed by atoms with Crippen LogP contribution in [0.3, 0.4) is 0 Å². The summed E-state index contributed by atoms with van der Waals surface area (Å²) < 4.78 is 60.8. The van der Waals surface area contributed by atoms with Gasteiger partial charge in [-0.3, -0.25) is 10.2 Å². The molecule has 1 amide bonds. The minimum Gasteiger partial charge on any atom is -0.493 e. The number of halogens is 3. The van der Waals surface area contributed by atoms with Crippen molar-refractivity contribution in [2.45, 2.75) is 31.6 Å². The van der Waals surface area contributed by atoms with E-state index in [-0.39, 0.29) is 18.5 Å². The van der Waals surface area contributed by atoms with Gasteiger partial charge in [0.25, 0.3) is 0 Å². The third-order valence-electron chi connectivity index (χ3n) is 7.07. The molecule has 0 saturated heterocycles. The van der Waals surface area contributed by atoms with Crippen LogP contribution in [0.15, 0.2) is 48.5 Å². The second kappa shape index (κ2) is 8.88. The van der Waals surface area contributed by atoms with Crippen LogP contribution in [0.4, 0.5) is 23.7 Å². The molecule has 6 rings (SSSR count). The van der Waals surface area contributed by atoms with E-state index >= 15 is 0 Å². The van der Waals surface area contributed by atoms with Crippen LogP contribution in [0.25, 0.3) is 0 Å². The van der Waals surface area contributed by atoms with Crippen LogP contribution in [0, 0.1) is 0 Å². The van der Waals surface area contributed by atoms with E-state index in [0.717, 1.165) is 47.7 Å². The number of alkyl halides is 3. The average molecular weight is 512 g/mol. The van der Waals surface area contributed by atoms with E-state index in [0.29, 0.717) is 24.5 Å². The summed E-state index contributed by atoms with van der Waals surface area (Å²) in [6.45, 7) is 1.60. The standard InChI is InChI=1S/C27H23F3N2O5/c1-34-22-7-2-15-10-21-19-12-24-23(35-14-36-24)11-16(19)8-9-32(21)13-20(15)25(22)37-26(33)31-18-5-3-17(4-6-18)27(28,29)30/h2-7,11-12,21H,8-10,13-14H2,1H3,(H,31,33). The number of hydrogen-bond acceptors (Lipinski definition) is 6. The molecule has 1 unspecified atom stereocenters. The molecule has 3 heterocycles. The predicted molar refractivity (Wildman–Crippen MR) is 127 cm³/mol. The lowest BCUT2D eigenvalue weighted by atomic mass is 9.83. The SMILES string of the molecule is COc1ccc2c(c1OC(=O)Nc1ccc(C(F)(F)F)cc1)CN1CCc3cc4c(cc3C1C2)OCO4. The molecule has 1 atom stereocenters. The van der Waals surface area contributed by atoms with Gasteiger partial charge in [0, 0.05) is 30.4 Å². The zero-order chi connectivity index (χ0) is 25.7. The molecule has 10 heteroatoms. The minimum atomic E-state index is -4.46. The number of benzene rings is 3. The summed E-state index contributed by atoms with van der Waals surface area (Å²) >= 11 is 0. The van der Waals surface area contributed by atoms with E-state index in [1.807, 2.05) is 6.07 Å². The number of nitrogens with zero attached hydrogens (tertiary/aromatic N) is 1. The van der Waals surface area contributed by atoms with Crippen LogP contribution in [0.5, 0.6) is 23.0 Å². The molecular weight excluding hydrogens is 489 g/mol. The topological polar surface area (TPSA) is 69.3 Å². The molecule has 0 aromatic heterocycles. The van der Waals surface area contributed by atoms with Crippen molar-refractivity contribution in [3.63, 3.8) is 0 Å². The number of ether oxygens (including phenoxy) is 4.